The van der Waals surface area contributed by atoms with Crippen molar-refractivity contribution in [3.05, 3.63) is 29.8 Å². The molecule has 2 heterocycles. The number of nitrogens with zero attached hydrogens (tertiary/aromatic N) is 2. The molecule has 1 unspecified atom stereocenters. The fourth-order valence-corrected chi connectivity index (χ4v) is 3.18. The number of rotatable bonds is 3. The molecule has 114 valence electrons. The van der Waals surface area contributed by atoms with E-state index in [1.807, 2.05) is 23.1 Å². The largest absolute Gasteiger partial charge is 0.398 e. The maximum Gasteiger partial charge on any atom is 0.255 e. The predicted octanol–water partition coefficient (Wildman–Crippen LogP) is 1.06. The van der Waals surface area contributed by atoms with Crippen LogP contribution in [0.2, 0.25) is 0 Å². The van der Waals surface area contributed by atoms with Gasteiger partial charge in [-0.05, 0) is 24.5 Å². The summed E-state index contributed by atoms with van der Waals surface area (Å²) in [5, 5.41) is 0. The van der Waals surface area contributed by atoms with Crippen LogP contribution in [-0.2, 0) is 4.74 Å². The quantitative estimate of drug-likeness (QED) is 0.846. The Morgan fingerprint density at radius 1 is 1.24 bits per heavy atom. The first kappa shape index (κ1) is 14.4. The van der Waals surface area contributed by atoms with Gasteiger partial charge >= 0.3 is 0 Å². The normalized spacial score (nSPS) is 23.4. The number of likely N-dealkylation sites (tertiary alicyclic amines) is 1. The molecule has 0 saturated carbocycles. The van der Waals surface area contributed by atoms with Gasteiger partial charge in [0.25, 0.3) is 5.91 Å². The number of ether oxygens (including phenoxy) is 1. The number of morpholine rings is 1. The lowest BCUT2D eigenvalue weighted by atomic mass is 10.1. The van der Waals surface area contributed by atoms with E-state index < -0.39 is 0 Å². The second kappa shape index (κ2) is 6.45. The fraction of sp³-hybridized carbons (Fsp3) is 0.562. The molecule has 0 aromatic heterocycles. The first-order chi connectivity index (χ1) is 10.2. The standard InChI is InChI=1S/C16H23N3O2/c17-15-4-2-1-3-14(15)16(20)19-6-5-13(12-19)11-18-7-9-21-10-8-18/h1-4,13H,5-12,17H2. The Kier molecular flexibility index (Phi) is 4.41. The van der Waals surface area contributed by atoms with E-state index in [0.29, 0.717) is 17.2 Å². The summed E-state index contributed by atoms with van der Waals surface area (Å²) in [6.45, 7) is 6.42. The van der Waals surface area contributed by atoms with Crippen molar-refractivity contribution in [2.24, 2.45) is 5.92 Å². The van der Waals surface area contributed by atoms with E-state index in [1.165, 1.54) is 0 Å². The minimum atomic E-state index is 0.0672. The van der Waals surface area contributed by atoms with Crippen LogP contribution in [0.25, 0.3) is 0 Å². The van der Waals surface area contributed by atoms with E-state index in [4.69, 9.17) is 10.5 Å². The Morgan fingerprint density at radius 2 is 2.00 bits per heavy atom. The number of nitrogen functional groups attached to an aromatic ring is 1. The van der Waals surface area contributed by atoms with Crippen LogP contribution in [0.4, 0.5) is 5.69 Å². The Bertz CT molecular complexity index is 500. The average molecular weight is 289 g/mol. The van der Waals surface area contributed by atoms with Gasteiger partial charge in [-0.3, -0.25) is 9.69 Å². The number of carbonyl (C=O) groups is 1. The maximum atomic E-state index is 12.5. The molecule has 21 heavy (non-hydrogen) atoms. The lowest BCUT2D eigenvalue weighted by Crippen LogP contribution is -2.40. The van der Waals surface area contributed by atoms with Crippen molar-refractivity contribution in [2.75, 3.05) is 51.7 Å². The van der Waals surface area contributed by atoms with E-state index in [2.05, 4.69) is 4.90 Å². The summed E-state index contributed by atoms with van der Waals surface area (Å²) < 4.78 is 5.37. The van der Waals surface area contributed by atoms with E-state index in [1.54, 1.807) is 6.07 Å². The number of amides is 1. The predicted molar refractivity (Wildman–Crippen MR) is 82.1 cm³/mol. The molecule has 1 aromatic rings. The first-order valence-electron chi connectivity index (χ1n) is 7.68. The highest BCUT2D eigenvalue weighted by molar-refractivity contribution is 5.99. The third-order valence-electron chi connectivity index (χ3n) is 4.38. The maximum absolute atomic E-state index is 12.5. The molecule has 0 bridgehead atoms. The minimum Gasteiger partial charge on any atom is -0.398 e. The van der Waals surface area contributed by atoms with Gasteiger partial charge in [0.1, 0.15) is 0 Å². The third kappa shape index (κ3) is 3.36. The van der Waals surface area contributed by atoms with Crippen molar-refractivity contribution < 1.29 is 9.53 Å². The van der Waals surface area contributed by atoms with Gasteiger partial charge in [0.05, 0.1) is 18.8 Å². The summed E-state index contributed by atoms with van der Waals surface area (Å²) in [5.74, 6) is 0.634. The molecule has 5 heteroatoms. The van der Waals surface area contributed by atoms with Crippen molar-refractivity contribution in [3.63, 3.8) is 0 Å². The number of hydrogen-bond acceptors (Lipinski definition) is 4. The zero-order valence-electron chi connectivity index (χ0n) is 12.3. The van der Waals surface area contributed by atoms with Crippen LogP contribution in [0.15, 0.2) is 24.3 Å². The highest BCUT2D eigenvalue weighted by atomic mass is 16.5. The highest BCUT2D eigenvalue weighted by Gasteiger charge is 2.29. The number of carbonyl (C=O) groups excluding carboxylic acids is 1. The van der Waals surface area contributed by atoms with Gasteiger partial charge in [0.15, 0.2) is 0 Å². The minimum absolute atomic E-state index is 0.0672. The highest BCUT2D eigenvalue weighted by Crippen LogP contribution is 2.22. The Morgan fingerprint density at radius 3 is 2.76 bits per heavy atom. The van der Waals surface area contributed by atoms with Crippen molar-refractivity contribution in [1.29, 1.82) is 0 Å². The molecule has 3 rings (SSSR count). The van der Waals surface area contributed by atoms with E-state index >= 15 is 0 Å². The summed E-state index contributed by atoms with van der Waals surface area (Å²) >= 11 is 0. The number of para-hydroxylation sites is 1. The van der Waals surface area contributed by atoms with Crippen LogP contribution in [0.5, 0.6) is 0 Å². The number of hydrogen-bond donors (Lipinski definition) is 1. The Labute approximate surface area is 125 Å². The summed E-state index contributed by atoms with van der Waals surface area (Å²) in [6, 6.07) is 7.32. The van der Waals surface area contributed by atoms with E-state index in [0.717, 1.165) is 52.4 Å². The molecule has 1 atom stereocenters. The third-order valence-corrected chi connectivity index (χ3v) is 4.38. The molecule has 2 fully saturated rings. The molecule has 1 amide bonds. The number of anilines is 1. The molecule has 2 aliphatic heterocycles. The summed E-state index contributed by atoms with van der Waals surface area (Å²) in [5.41, 5.74) is 7.10. The molecule has 5 nitrogen and oxygen atoms in total. The second-order valence-corrected chi connectivity index (χ2v) is 5.91. The molecule has 0 aliphatic carbocycles. The van der Waals surface area contributed by atoms with Gasteiger partial charge in [-0.2, -0.15) is 0 Å². The zero-order valence-corrected chi connectivity index (χ0v) is 12.3. The fourth-order valence-electron chi connectivity index (χ4n) is 3.18. The van der Waals surface area contributed by atoms with Gasteiger partial charge in [0.2, 0.25) is 0 Å². The molecule has 2 aliphatic rings. The lowest BCUT2D eigenvalue weighted by Gasteiger charge is -2.29. The average Bonchev–Trinajstić information content (AvgIpc) is 2.97. The van der Waals surface area contributed by atoms with Crippen molar-refractivity contribution in [3.8, 4) is 0 Å². The molecular formula is C16H23N3O2. The van der Waals surface area contributed by atoms with Gasteiger partial charge < -0.3 is 15.4 Å². The second-order valence-electron chi connectivity index (χ2n) is 5.91. The van der Waals surface area contributed by atoms with Crippen LogP contribution in [0.3, 0.4) is 0 Å². The SMILES string of the molecule is Nc1ccccc1C(=O)N1CCC(CN2CCOCC2)C1. The van der Waals surface area contributed by atoms with Gasteiger partial charge in [-0.25, -0.2) is 0 Å². The Hall–Kier alpha value is -1.59. The molecule has 2 saturated heterocycles. The number of nitrogens with two attached hydrogens (primary N) is 1. The van der Waals surface area contributed by atoms with Crippen LogP contribution in [-0.4, -0.2) is 61.6 Å². The summed E-state index contributed by atoms with van der Waals surface area (Å²) in [4.78, 5) is 16.9. The van der Waals surface area contributed by atoms with Crippen LogP contribution in [0.1, 0.15) is 16.8 Å². The topological polar surface area (TPSA) is 58.8 Å². The lowest BCUT2D eigenvalue weighted by molar-refractivity contribution is 0.0310. The van der Waals surface area contributed by atoms with Crippen LogP contribution < -0.4 is 5.73 Å². The summed E-state index contributed by atoms with van der Waals surface area (Å²) in [6.07, 6.45) is 1.08. The molecule has 0 radical (unpaired) electrons. The van der Waals surface area contributed by atoms with Crippen LogP contribution >= 0.6 is 0 Å². The van der Waals surface area contributed by atoms with Crippen LogP contribution in [0, 0.1) is 5.92 Å². The van der Waals surface area contributed by atoms with Crippen molar-refractivity contribution >= 4 is 11.6 Å². The van der Waals surface area contributed by atoms with Gasteiger partial charge in [-0.1, -0.05) is 12.1 Å². The van der Waals surface area contributed by atoms with Gasteiger partial charge in [-0.15, -0.1) is 0 Å². The van der Waals surface area contributed by atoms with E-state index in [9.17, 15) is 4.79 Å². The first-order valence-corrected chi connectivity index (χ1v) is 7.68. The zero-order chi connectivity index (χ0) is 14.7. The summed E-state index contributed by atoms with van der Waals surface area (Å²) in [7, 11) is 0. The van der Waals surface area contributed by atoms with Gasteiger partial charge in [0, 0.05) is 38.4 Å². The smallest absolute Gasteiger partial charge is 0.255 e. The van der Waals surface area contributed by atoms with E-state index in [-0.39, 0.29) is 5.91 Å². The van der Waals surface area contributed by atoms with Crippen molar-refractivity contribution in [2.45, 2.75) is 6.42 Å². The van der Waals surface area contributed by atoms with Crippen molar-refractivity contribution in [1.82, 2.24) is 9.80 Å². The number of benzene rings is 1. The molecular weight excluding hydrogens is 266 g/mol. The molecule has 1 aromatic carbocycles. The monoisotopic (exact) mass is 289 g/mol. The Balaban J connectivity index is 1.56. The molecule has 2 N–H and O–H groups in total. The molecule has 0 spiro atoms.